The maximum Gasteiger partial charge on any atom is 0.514 e. The Morgan fingerprint density at radius 3 is 2.22 bits per heavy atom. The van der Waals surface area contributed by atoms with Crippen LogP contribution in [0, 0.1) is 23.7 Å². The third kappa shape index (κ3) is 8.52. The zero-order chi connectivity index (χ0) is 27.1. The van der Waals surface area contributed by atoms with Crippen LogP contribution >= 0.6 is 0 Å². The molecule has 2 fully saturated rings. The van der Waals surface area contributed by atoms with Crippen LogP contribution < -0.4 is 4.74 Å². The SMILES string of the molecule is CCC(C)C(=O)OC1(C)C(C)CC2CCCC1C2.CCC(C)c1ccc(OC(=O)OC(C)(C)C)cc1. The number of benzene rings is 1. The molecule has 0 radical (unpaired) electrons. The molecule has 2 saturated carbocycles. The van der Waals surface area contributed by atoms with Gasteiger partial charge in [-0.2, -0.15) is 0 Å². The largest absolute Gasteiger partial charge is 0.514 e. The van der Waals surface area contributed by atoms with Gasteiger partial charge >= 0.3 is 12.1 Å². The summed E-state index contributed by atoms with van der Waals surface area (Å²) >= 11 is 0. The normalized spacial score (nSPS) is 27.1. The number of esters is 1. The fourth-order valence-corrected chi connectivity index (χ4v) is 5.30. The van der Waals surface area contributed by atoms with Crippen LogP contribution in [-0.4, -0.2) is 23.3 Å². The van der Waals surface area contributed by atoms with Gasteiger partial charge in [-0.05, 0) is 101 Å². The van der Waals surface area contributed by atoms with Crippen molar-refractivity contribution in [2.75, 3.05) is 0 Å². The van der Waals surface area contributed by atoms with Crippen LogP contribution in [0.1, 0.15) is 119 Å². The first-order chi connectivity index (χ1) is 16.8. The zero-order valence-electron chi connectivity index (χ0n) is 24.2. The van der Waals surface area contributed by atoms with Crippen molar-refractivity contribution in [3.63, 3.8) is 0 Å². The second kappa shape index (κ2) is 13.0. The molecule has 0 aliphatic heterocycles. The summed E-state index contributed by atoms with van der Waals surface area (Å²) in [5.74, 6) is 3.06. The Morgan fingerprint density at radius 2 is 1.67 bits per heavy atom. The third-order valence-electron chi connectivity index (χ3n) is 8.25. The van der Waals surface area contributed by atoms with E-state index in [4.69, 9.17) is 14.2 Å². The Bertz CT molecular complexity index is 838. The zero-order valence-corrected chi connectivity index (χ0v) is 24.2. The molecule has 1 aromatic rings. The molecule has 2 aliphatic rings. The van der Waals surface area contributed by atoms with Crippen LogP contribution in [0.3, 0.4) is 0 Å². The predicted molar refractivity (Wildman–Crippen MR) is 145 cm³/mol. The van der Waals surface area contributed by atoms with Gasteiger partial charge < -0.3 is 14.2 Å². The molecule has 5 heteroatoms. The molecule has 0 heterocycles. The quantitative estimate of drug-likeness (QED) is 0.287. The van der Waals surface area contributed by atoms with Gasteiger partial charge in [-0.1, -0.05) is 59.6 Å². The summed E-state index contributed by atoms with van der Waals surface area (Å²) in [4.78, 5) is 23.6. The van der Waals surface area contributed by atoms with E-state index in [0.717, 1.165) is 18.8 Å². The molecule has 2 bridgehead atoms. The number of rotatable bonds is 6. The molecule has 2 aliphatic carbocycles. The average Bonchev–Trinajstić information content (AvgIpc) is 2.82. The molecule has 0 saturated heterocycles. The highest BCUT2D eigenvalue weighted by molar-refractivity contribution is 5.72. The van der Waals surface area contributed by atoms with Gasteiger partial charge in [0.05, 0.1) is 5.92 Å². The van der Waals surface area contributed by atoms with Crippen LogP contribution in [0.25, 0.3) is 0 Å². The summed E-state index contributed by atoms with van der Waals surface area (Å²) in [6.45, 7) is 18.2. The highest BCUT2D eigenvalue weighted by atomic mass is 16.7. The second-order valence-corrected chi connectivity index (χ2v) is 12.2. The number of hydrogen-bond acceptors (Lipinski definition) is 5. The lowest BCUT2D eigenvalue weighted by Crippen LogP contribution is -2.51. The molecule has 1 aromatic carbocycles. The lowest BCUT2D eigenvalue weighted by Gasteiger charge is -2.51. The number of hydrogen-bond donors (Lipinski definition) is 0. The first-order valence-electron chi connectivity index (χ1n) is 14.0. The van der Waals surface area contributed by atoms with Gasteiger partial charge in [0.2, 0.25) is 0 Å². The third-order valence-corrected chi connectivity index (χ3v) is 8.25. The van der Waals surface area contributed by atoms with E-state index in [1.807, 2.05) is 19.1 Å². The van der Waals surface area contributed by atoms with Crippen LogP contribution in [0.5, 0.6) is 5.75 Å². The minimum absolute atomic E-state index is 0.0101. The molecule has 0 spiro atoms. The van der Waals surface area contributed by atoms with Gasteiger partial charge in [0.1, 0.15) is 17.0 Å². The number of carbonyl (C=O) groups is 2. The van der Waals surface area contributed by atoms with Crippen molar-refractivity contribution in [1.29, 1.82) is 0 Å². The van der Waals surface area contributed by atoms with Crippen molar-refractivity contribution < 1.29 is 23.8 Å². The lowest BCUT2D eigenvalue weighted by molar-refractivity contribution is -0.186. The summed E-state index contributed by atoms with van der Waals surface area (Å²) in [5, 5.41) is 0. The van der Waals surface area contributed by atoms with Gasteiger partial charge in [0, 0.05) is 0 Å². The summed E-state index contributed by atoms with van der Waals surface area (Å²) in [6, 6.07) is 7.55. The van der Waals surface area contributed by atoms with Gasteiger partial charge in [-0.15, -0.1) is 0 Å². The van der Waals surface area contributed by atoms with Crippen molar-refractivity contribution in [1.82, 2.24) is 0 Å². The molecule has 6 unspecified atom stereocenters. The van der Waals surface area contributed by atoms with Crippen LogP contribution in [0.2, 0.25) is 0 Å². The van der Waals surface area contributed by atoms with Gasteiger partial charge in [0.15, 0.2) is 0 Å². The average molecular weight is 503 g/mol. The first-order valence-corrected chi connectivity index (χ1v) is 14.0. The predicted octanol–water partition coefficient (Wildman–Crippen LogP) is 8.69. The Labute approximate surface area is 219 Å². The molecular formula is C31H50O5. The smallest absolute Gasteiger partial charge is 0.459 e. The van der Waals surface area contributed by atoms with Crippen molar-refractivity contribution in [2.24, 2.45) is 23.7 Å². The van der Waals surface area contributed by atoms with E-state index < -0.39 is 11.8 Å². The molecule has 6 atom stereocenters. The highest BCUT2D eigenvalue weighted by Crippen LogP contribution is 2.50. The van der Waals surface area contributed by atoms with E-state index in [-0.39, 0.29) is 17.5 Å². The molecule has 204 valence electrons. The number of carbonyl (C=O) groups excluding carboxylic acids is 2. The Hall–Kier alpha value is -2.04. The van der Waals surface area contributed by atoms with Gasteiger partial charge in [-0.25, -0.2) is 4.79 Å². The summed E-state index contributed by atoms with van der Waals surface area (Å²) in [7, 11) is 0. The van der Waals surface area contributed by atoms with E-state index in [9.17, 15) is 9.59 Å². The first kappa shape index (κ1) is 30.2. The standard InChI is InChI=1S/C16H28O2.C15H22O3/c1-5-11(2)15(17)18-16(4)12(3)9-13-7-6-8-14(16)10-13;1-6-11(2)12-7-9-13(10-8-12)17-14(16)18-15(3,4)5/h11-14H,5-10H2,1-4H3;7-11H,6H2,1-5H3. The molecule has 0 amide bonds. The molecular weight excluding hydrogens is 452 g/mol. The molecule has 36 heavy (non-hydrogen) atoms. The van der Waals surface area contributed by atoms with Gasteiger partial charge in [0.25, 0.3) is 0 Å². The van der Waals surface area contributed by atoms with Gasteiger partial charge in [-0.3, -0.25) is 4.79 Å². The molecule has 5 nitrogen and oxygen atoms in total. The number of fused-ring (bicyclic) bond motifs is 2. The topological polar surface area (TPSA) is 61.8 Å². The Balaban J connectivity index is 0.000000254. The Kier molecular flexibility index (Phi) is 10.9. The van der Waals surface area contributed by atoms with Crippen LogP contribution in [0.4, 0.5) is 4.79 Å². The van der Waals surface area contributed by atoms with Crippen molar-refractivity contribution in [3.05, 3.63) is 29.8 Å². The molecule has 0 N–H and O–H groups in total. The van der Waals surface area contributed by atoms with Crippen molar-refractivity contribution >= 4 is 12.1 Å². The second-order valence-electron chi connectivity index (χ2n) is 12.2. The van der Waals surface area contributed by atoms with E-state index >= 15 is 0 Å². The van der Waals surface area contributed by atoms with E-state index in [2.05, 4.69) is 34.6 Å². The Morgan fingerprint density at radius 1 is 1.03 bits per heavy atom. The van der Waals surface area contributed by atoms with Crippen molar-refractivity contribution in [3.8, 4) is 5.75 Å². The summed E-state index contributed by atoms with van der Waals surface area (Å²) in [6.07, 6.45) is 7.75. The minimum atomic E-state index is -0.668. The maximum atomic E-state index is 12.1. The fourth-order valence-electron chi connectivity index (χ4n) is 5.30. The molecule has 3 rings (SSSR count). The molecule has 0 aromatic heterocycles. The van der Waals surface area contributed by atoms with Crippen LogP contribution in [-0.2, 0) is 14.3 Å². The highest BCUT2D eigenvalue weighted by Gasteiger charge is 2.49. The van der Waals surface area contributed by atoms with Crippen LogP contribution in [0.15, 0.2) is 24.3 Å². The summed E-state index contributed by atoms with van der Waals surface area (Å²) in [5.41, 5.74) is 0.500. The monoisotopic (exact) mass is 502 g/mol. The van der Waals surface area contributed by atoms with E-state index in [0.29, 0.717) is 23.5 Å². The maximum absolute atomic E-state index is 12.1. The minimum Gasteiger partial charge on any atom is -0.459 e. The lowest BCUT2D eigenvalue weighted by atomic mass is 9.60. The van der Waals surface area contributed by atoms with Crippen molar-refractivity contribution in [2.45, 2.75) is 124 Å². The fraction of sp³-hybridized carbons (Fsp3) is 0.742. The van der Waals surface area contributed by atoms with E-state index in [1.54, 1.807) is 32.9 Å². The van der Waals surface area contributed by atoms with E-state index in [1.165, 1.54) is 37.7 Å². The summed E-state index contributed by atoms with van der Waals surface area (Å²) < 4.78 is 16.2. The number of ether oxygens (including phenoxy) is 3.